The van der Waals surface area contributed by atoms with E-state index in [1.165, 1.54) is 21.6 Å². The fourth-order valence-corrected chi connectivity index (χ4v) is 9.09. The summed E-state index contributed by atoms with van der Waals surface area (Å²) < 4.78 is 6.46. The summed E-state index contributed by atoms with van der Waals surface area (Å²) in [5.74, 6) is -3.13. The monoisotopic (exact) mass is 704 g/mol. The van der Waals surface area contributed by atoms with E-state index in [2.05, 4.69) is 24.1 Å². The van der Waals surface area contributed by atoms with Gasteiger partial charge in [0.05, 0.1) is 28.8 Å². The molecule has 10 nitrogen and oxygen atoms in total. The molecule has 0 radical (unpaired) electrons. The Balaban J connectivity index is 1.38. The molecule has 4 aromatic rings. The Morgan fingerprint density at radius 3 is 2.19 bits per heavy atom. The minimum atomic E-state index is -0.846. The lowest BCUT2D eigenvalue weighted by molar-refractivity contribution is -0.122. The van der Waals surface area contributed by atoms with E-state index in [4.69, 9.17) is 16.3 Å². The molecule has 13 heteroatoms. The second-order valence-electron chi connectivity index (χ2n) is 11.3. The lowest BCUT2D eigenvalue weighted by atomic mass is 9.83. The highest BCUT2D eigenvalue weighted by atomic mass is 35.5. The molecule has 0 bridgehead atoms. The summed E-state index contributed by atoms with van der Waals surface area (Å²) in [5.41, 5.74) is 2.99. The smallest absolute Gasteiger partial charge is 0.338 e. The molecular weight excluding hydrogens is 672 g/mol. The molecule has 0 saturated carbocycles. The van der Waals surface area contributed by atoms with Crippen molar-refractivity contribution >= 4 is 75.5 Å². The van der Waals surface area contributed by atoms with Gasteiger partial charge in [-0.2, -0.15) is 0 Å². The zero-order valence-corrected chi connectivity index (χ0v) is 28.9. The maximum absolute atomic E-state index is 14.3. The molecule has 1 saturated heterocycles. The van der Waals surface area contributed by atoms with E-state index in [0.717, 1.165) is 47.4 Å². The zero-order valence-electron chi connectivity index (χ0n) is 26.5. The molecule has 3 unspecified atom stereocenters. The number of benzene rings is 3. The molecule has 1 fully saturated rings. The summed E-state index contributed by atoms with van der Waals surface area (Å²) in [6.45, 7) is 7.46. The number of hydrogen-bond donors (Lipinski definition) is 1. The normalized spacial score (nSPS) is 18.3. The Labute approximate surface area is 290 Å². The first-order chi connectivity index (χ1) is 23.1. The number of thioether (sulfide) groups is 1. The Morgan fingerprint density at radius 1 is 0.896 bits per heavy atom. The van der Waals surface area contributed by atoms with Gasteiger partial charge in [0.15, 0.2) is 0 Å². The summed E-state index contributed by atoms with van der Waals surface area (Å²) >= 11 is 8.12. The summed E-state index contributed by atoms with van der Waals surface area (Å²) in [5, 5.41) is 2.97. The van der Waals surface area contributed by atoms with Gasteiger partial charge in [0, 0.05) is 40.3 Å². The van der Waals surface area contributed by atoms with Crippen molar-refractivity contribution in [2.24, 2.45) is 5.92 Å². The van der Waals surface area contributed by atoms with Crippen molar-refractivity contribution in [3.8, 4) is 0 Å². The molecule has 248 valence electrons. The van der Waals surface area contributed by atoms with Crippen LogP contribution in [0.5, 0.6) is 0 Å². The van der Waals surface area contributed by atoms with Crippen LogP contribution < -0.4 is 20.0 Å². The van der Waals surface area contributed by atoms with Gasteiger partial charge in [-0.3, -0.25) is 23.7 Å². The predicted octanol–water partition coefficient (Wildman–Crippen LogP) is 6.02. The van der Waals surface area contributed by atoms with Gasteiger partial charge in [-0.05, 0) is 87.0 Å². The topological polar surface area (TPSA) is 118 Å². The van der Waals surface area contributed by atoms with E-state index in [0.29, 0.717) is 31.9 Å². The number of halogens is 1. The van der Waals surface area contributed by atoms with Crippen LogP contribution in [-0.2, 0) is 25.7 Å². The summed E-state index contributed by atoms with van der Waals surface area (Å²) in [6.07, 6.45) is 0. The molecule has 2 aliphatic heterocycles. The number of nitrogens with one attached hydrogen (secondary N) is 1. The van der Waals surface area contributed by atoms with Gasteiger partial charge in [-0.15, -0.1) is 0 Å². The van der Waals surface area contributed by atoms with Crippen molar-refractivity contribution in [2.45, 2.75) is 43.5 Å². The van der Waals surface area contributed by atoms with Gasteiger partial charge in [0.1, 0.15) is 11.8 Å². The minimum absolute atomic E-state index is 0.222. The molecular formula is C35H33ClN4O6S2. The number of thiazole rings is 1. The number of rotatable bonds is 10. The first-order valence-electron chi connectivity index (χ1n) is 15.6. The maximum atomic E-state index is 14.3. The number of hydrogen-bond acceptors (Lipinski definition) is 9. The van der Waals surface area contributed by atoms with Crippen LogP contribution in [0.15, 0.2) is 82.6 Å². The van der Waals surface area contributed by atoms with Crippen molar-refractivity contribution in [2.75, 3.05) is 34.8 Å². The van der Waals surface area contributed by atoms with Gasteiger partial charge in [-0.1, -0.05) is 46.8 Å². The van der Waals surface area contributed by atoms with Gasteiger partial charge in [0.2, 0.25) is 17.7 Å². The summed E-state index contributed by atoms with van der Waals surface area (Å²) in [7, 11) is 0. The average molecular weight is 705 g/mol. The SMILES string of the molecule is CCOC(=O)c1ccc(N2C(=O)C3Sc4c(sc(=O)n4CC(=O)Nc4ccc(Cl)cc4)C(c4ccc(N(CC)CC)cc4)C3C2=O)cc1. The lowest BCUT2D eigenvalue weighted by Gasteiger charge is -2.31. The highest BCUT2D eigenvalue weighted by Crippen LogP contribution is 2.54. The van der Waals surface area contributed by atoms with Crippen molar-refractivity contribution in [1.29, 1.82) is 0 Å². The average Bonchev–Trinajstić information content (AvgIpc) is 3.53. The van der Waals surface area contributed by atoms with Crippen LogP contribution in [-0.4, -0.2) is 53.2 Å². The second kappa shape index (κ2) is 14.0. The Bertz CT molecular complexity index is 1920. The van der Waals surface area contributed by atoms with Crippen molar-refractivity contribution in [1.82, 2.24) is 4.57 Å². The van der Waals surface area contributed by atoms with Crippen molar-refractivity contribution in [3.63, 3.8) is 0 Å². The summed E-state index contributed by atoms with van der Waals surface area (Å²) in [4.78, 5) is 70.9. The van der Waals surface area contributed by atoms with E-state index in [-0.39, 0.29) is 18.0 Å². The van der Waals surface area contributed by atoms with Crippen LogP contribution >= 0.6 is 34.7 Å². The number of anilines is 3. The molecule has 3 aromatic carbocycles. The third kappa shape index (κ3) is 6.27. The van der Waals surface area contributed by atoms with Crippen LogP contribution in [0.3, 0.4) is 0 Å². The maximum Gasteiger partial charge on any atom is 0.338 e. The van der Waals surface area contributed by atoms with Gasteiger partial charge in [0.25, 0.3) is 0 Å². The Kier molecular flexibility index (Phi) is 9.77. The Hall–Kier alpha value is -4.39. The third-order valence-corrected chi connectivity index (χ3v) is 11.4. The van der Waals surface area contributed by atoms with E-state index in [9.17, 15) is 24.0 Å². The third-order valence-electron chi connectivity index (χ3n) is 8.50. The highest BCUT2D eigenvalue weighted by Gasteiger charge is 2.56. The molecule has 3 atom stereocenters. The number of amides is 3. The number of nitrogens with zero attached hydrogens (tertiary/aromatic N) is 3. The molecule has 0 aliphatic carbocycles. The van der Waals surface area contributed by atoms with E-state index in [1.54, 1.807) is 43.3 Å². The van der Waals surface area contributed by atoms with Crippen molar-refractivity contribution in [3.05, 3.63) is 103 Å². The number of esters is 1. The van der Waals surface area contributed by atoms with Gasteiger partial charge in [-0.25, -0.2) is 9.69 Å². The largest absolute Gasteiger partial charge is 0.462 e. The second-order valence-corrected chi connectivity index (χ2v) is 13.8. The standard InChI is InChI=1S/C35H33ClN4O6S2/c1-4-38(5-2)24-15-7-20(8-16-24)27-28-29(32(43)40(31(28)42)25-17-9-21(10-18-25)34(44)46-6-3)47-33-30(27)48-35(45)39(33)19-26(41)37-23-13-11-22(36)12-14-23/h7-18,27-29H,4-6,19H2,1-3H3,(H,37,41). The minimum Gasteiger partial charge on any atom is -0.462 e. The number of aromatic nitrogens is 1. The number of carbonyl (C=O) groups excluding carboxylic acids is 4. The van der Waals surface area contributed by atoms with Crippen LogP contribution in [0.4, 0.5) is 17.1 Å². The molecule has 0 spiro atoms. The van der Waals surface area contributed by atoms with Crippen LogP contribution in [0.25, 0.3) is 0 Å². The van der Waals surface area contributed by atoms with Crippen LogP contribution in [0.1, 0.15) is 47.5 Å². The predicted molar refractivity (Wildman–Crippen MR) is 189 cm³/mol. The zero-order chi connectivity index (χ0) is 34.1. The van der Waals surface area contributed by atoms with E-state index >= 15 is 0 Å². The molecule has 48 heavy (non-hydrogen) atoms. The highest BCUT2D eigenvalue weighted by molar-refractivity contribution is 8.00. The van der Waals surface area contributed by atoms with Gasteiger partial charge >= 0.3 is 10.8 Å². The first-order valence-corrected chi connectivity index (χ1v) is 17.7. The molecule has 3 amide bonds. The number of fused-ring (bicyclic) bond motifs is 2. The summed E-state index contributed by atoms with van der Waals surface area (Å²) in [6, 6.07) is 20.7. The van der Waals surface area contributed by atoms with Crippen LogP contribution in [0.2, 0.25) is 5.02 Å². The van der Waals surface area contributed by atoms with E-state index in [1.807, 2.05) is 24.3 Å². The molecule has 6 rings (SSSR count). The number of ether oxygens (including phenoxy) is 1. The first kappa shape index (κ1) is 33.5. The number of carbonyl (C=O) groups is 4. The van der Waals surface area contributed by atoms with Gasteiger partial charge < -0.3 is 15.0 Å². The number of imide groups is 1. The van der Waals surface area contributed by atoms with Crippen LogP contribution in [0, 0.1) is 5.92 Å². The molecule has 1 N–H and O–H groups in total. The fourth-order valence-electron chi connectivity index (χ4n) is 6.19. The van der Waals surface area contributed by atoms with E-state index < -0.39 is 40.8 Å². The Morgan fingerprint density at radius 2 is 1.56 bits per heavy atom. The fraction of sp³-hybridized carbons (Fsp3) is 0.286. The molecule has 2 aliphatic rings. The molecule has 1 aromatic heterocycles. The molecule has 3 heterocycles. The quantitative estimate of drug-likeness (QED) is 0.157. The van der Waals surface area contributed by atoms with Crippen molar-refractivity contribution < 1.29 is 23.9 Å². The lowest BCUT2D eigenvalue weighted by Crippen LogP contribution is -2.33.